The molecule has 2 N–H and O–H groups in total. The lowest BCUT2D eigenvalue weighted by Crippen LogP contribution is -2.24. The van der Waals surface area contributed by atoms with Crippen molar-refractivity contribution in [2.75, 3.05) is 6.54 Å². The summed E-state index contributed by atoms with van der Waals surface area (Å²) < 4.78 is 0. The Morgan fingerprint density at radius 3 is 2.72 bits per heavy atom. The second kappa shape index (κ2) is 7.80. The molecule has 0 aliphatic carbocycles. The molecule has 1 aromatic carbocycles. The van der Waals surface area contributed by atoms with E-state index in [1.807, 2.05) is 44.3 Å². The predicted octanol–water partition coefficient (Wildman–Crippen LogP) is 4.17. The second-order valence-electron chi connectivity index (χ2n) is 5.82. The summed E-state index contributed by atoms with van der Waals surface area (Å²) in [6.45, 7) is 4.48. The van der Waals surface area contributed by atoms with Crippen LogP contribution in [0.5, 0.6) is 0 Å². The zero-order valence-electron chi connectivity index (χ0n) is 14.1. The van der Waals surface area contributed by atoms with Gasteiger partial charge in [0.2, 0.25) is 0 Å². The van der Waals surface area contributed by atoms with Gasteiger partial charge in [-0.2, -0.15) is 5.10 Å². The third-order valence-electron chi connectivity index (χ3n) is 3.94. The molecule has 2 aromatic heterocycles. The van der Waals surface area contributed by atoms with Crippen LogP contribution in [0.4, 0.5) is 0 Å². The Balaban J connectivity index is 1.58. The van der Waals surface area contributed by atoms with E-state index >= 15 is 0 Å². The summed E-state index contributed by atoms with van der Waals surface area (Å²) in [5, 5.41) is 11.4. The van der Waals surface area contributed by atoms with Crippen LogP contribution in [0.25, 0.3) is 10.6 Å². The van der Waals surface area contributed by atoms with Crippen molar-refractivity contribution in [2.24, 2.45) is 0 Å². The zero-order chi connectivity index (χ0) is 17.8. The van der Waals surface area contributed by atoms with Gasteiger partial charge in [-0.25, -0.2) is 4.98 Å². The maximum Gasteiger partial charge on any atom is 0.263 e. The molecule has 5 nitrogen and oxygen atoms in total. The SMILES string of the molecule is Cc1nc(-c2ccc(Cl)cc2)sc1C(=O)NCCCc1cn[nH]c1C. The Hall–Kier alpha value is -2.18. The highest BCUT2D eigenvalue weighted by Gasteiger charge is 2.16. The number of nitrogens with zero attached hydrogens (tertiary/aromatic N) is 2. The number of thiazole rings is 1. The summed E-state index contributed by atoms with van der Waals surface area (Å²) in [5.41, 5.74) is 3.98. The number of aromatic nitrogens is 3. The maximum atomic E-state index is 12.4. The molecule has 25 heavy (non-hydrogen) atoms. The van der Waals surface area contributed by atoms with E-state index in [0.29, 0.717) is 16.4 Å². The number of rotatable bonds is 6. The largest absolute Gasteiger partial charge is 0.351 e. The van der Waals surface area contributed by atoms with Crippen molar-refractivity contribution in [1.82, 2.24) is 20.5 Å². The highest BCUT2D eigenvalue weighted by atomic mass is 35.5. The quantitative estimate of drug-likeness (QED) is 0.636. The highest BCUT2D eigenvalue weighted by Crippen LogP contribution is 2.28. The van der Waals surface area contributed by atoms with Gasteiger partial charge >= 0.3 is 0 Å². The van der Waals surface area contributed by atoms with E-state index in [1.165, 1.54) is 16.9 Å². The first-order valence-corrected chi connectivity index (χ1v) is 9.24. The fraction of sp³-hybridized carbons (Fsp3) is 0.278. The number of hydrogen-bond donors (Lipinski definition) is 2. The number of carbonyl (C=O) groups is 1. The number of hydrogen-bond acceptors (Lipinski definition) is 4. The number of halogens is 1. The molecule has 3 rings (SSSR count). The van der Waals surface area contributed by atoms with Crippen molar-refractivity contribution < 1.29 is 4.79 Å². The van der Waals surface area contributed by atoms with Crippen molar-refractivity contribution >= 4 is 28.8 Å². The molecule has 130 valence electrons. The van der Waals surface area contributed by atoms with E-state index in [2.05, 4.69) is 20.5 Å². The molecule has 0 aliphatic rings. The Labute approximate surface area is 155 Å². The van der Waals surface area contributed by atoms with Gasteiger partial charge in [-0.05, 0) is 44.4 Å². The molecule has 7 heteroatoms. The topological polar surface area (TPSA) is 70.7 Å². The molecule has 0 saturated heterocycles. The third-order valence-corrected chi connectivity index (χ3v) is 5.39. The van der Waals surface area contributed by atoms with Gasteiger partial charge in [-0.3, -0.25) is 9.89 Å². The maximum absolute atomic E-state index is 12.4. The van der Waals surface area contributed by atoms with Gasteiger partial charge in [0.15, 0.2) is 0 Å². The third kappa shape index (κ3) is 4.27. The molecule has 1 amide bonds. The summed E-state index contributed by atoms with van der Waals surface area (Å²) >= 11 is 7.32. The van der Waals surface area contributed by atoms with Gasteiger partial charge in [0, 0.05) is 22.8 Å². The molecule has 0 fully saturated rings. The van der Waals surface area contributed by atoms with Gasteiger partial charge in [0.05, 0.1) is 11.9 Å². The Bertz CT molecular complexity index is 870. The Morgan fingerprint density at radius 2 is 2.04 bits per heavy atom. The molecular formula is C18H19ClN4OS. The van der Waals surface area contributed by atoms with Crippen molar-refractivity contribution in [1.29, 1.82) is 0 Å². The number of carbonyl (C=O) groups excluding carboxylic acids is 1. The smallest absolute Gasteiger partial charge is 0.263 e. The van der Waals surface area contributed by atoms with Crippen LogP contribution in [0.15, 0.2) is 30.5 Å². The summed E-state index contributed by atoms with van der Waals surface area (Å²) in [5.74, 6) is -0.0703. The van der Waals surface area contributed by atoms with Crippen molar-refractivity contribution in [2.45, 2.75) is 26.7 Å². The fourth-order valence-electron chi connectivity index (χ4n) is 2.51. The first-order valence-electron chi connectivity index (χ1n) is 8.05. The molecule has 3 aromatic rings. The molecule has 0 aliphatic heterocycles. The number of H-pyrrole nitrogens is 1. The number of amides is 1. The molecule has 0 radical (unpaired) electrons. The Kier molecular flexibility index (Phi) is 5.50. The molecule has 0 saturated carbocycles. The predicted molar refractivity (Wildman–Crippen MR) is 101 cm³/mol. The summed E-state index contributed by atoms with van der Waals surface area (Å²) in [7, 11) is 0. The minimum absolute atomic E-state index is 0.0703. The van der Waals surface area contributed by atoms with Gasteiger partial charge in [-0.1, -0.05) is 23.7 Å². The zero-order valence-corrected chi connectivity index (χ0v) is 15.7. The normalized spacial score (nSPS) is 10.8. The van der Waals surface area contributed by atoms with Crippen LogP contribution in [0.2, 0.25) is 5.02 Å². The van der Waals surface area contributed by atoms with Gasteiger partial charge in [-0.15, -0.1) is 11.3 Å². The molecule has 0 spiro atoms. The Morgan fingerprint density at radius 1 is 1.28 bits per heavy atom. The molecule has 0 unspecified atom stereocenters. The van der Waals surface area contributed by atoms with Crippen LogP contribution in [0.1, 0.15) is 33.0 Å². The average Bonchev–Trinajstić information content (AvgIpc) is 3.18. The summed E-state index contributed by atoms with van der Waals surface area (Å²) in [6, 6.07) is 7.47. The van der Waals surface area contributed by atoms with E-state index in [0.717, 1.165) is 34.8 Å². The van der Waals surface area contributed by atoms with Crippen LogP contribution >= 0.6 is 22.9 Å². The van der Waals surface area contributed by atoms with Gasteiger partial charge in [0.1, 0.15) is 9.88 Å². The summed E-state index contributed by atoms with van der Waals surface area (Å²) in [4.78, 5) is 17.6. The molecule has 0 bridgehead atoms. The minimum atomic E-state index is -0.0703. The van der Waals surface area contributed by atoms with E-state index in [4.69, 9.17) is 11.6 Å². The number of aromatic amines is 1. The highest BCUT2D eigenvalue weighted by molar-refractivity contribution is 7.17. The van der Waals surface area contributed by atoms with Gasteiger partial charge < -0.3 is 5.32 Å². The van der Waals surface area contributed by atoms with Crippen LogP contribution in [-0.4, -0.2) is 27.6 Å². The van der Waals surface area contributed by atoms with E-state index in [-0.39, 0.29) is 5.91 Å². The van der Waals surface area contributed by atoms with E-state index in [1.54, 1.807) is 0 Å². The number of nitrogens with one attached hydrogen (secondary N) is 2. The van der Waals surface area contributed by atoms with Crippen molar-refractivity contribution in [3.05, 3.63) is 57.3 Å². The van der Waals surface area contributed by atoms with Crippen LogP contribution in [-0.2, 0) is 6.42 Å². The monoisotopic (exact) mass is 374 g/mol. The van der Waals surface area contributed by atoms with Crippen molar-refractivity contribution in [3.8, 4) is 10.6 Å². The lowest BCUT2D eigenvalue weighted by Gasteiger charge is -2.03. The molecular weight excluding hydrogens is 356 g/mol. The second-order valence-corrected chi connectivity index (χ2v) is 7.26. The van der Waals surface area contributed by atoms with Crippen LogP contribution < -0.4 is 5.32 Å². The first kappa shape index (κ1) is 17.6. The number of benzene rings is 1. The molecule has 0 atom stereocenters. The lowest BCUT2D eigenvalue weighted by atomic mass is 10.1. The van der Waals surface area contributed by atoms with E-state index in [9.17, 15) is 4.79 Å². The minimum Gasteiger partial charge on any atom is -0.351 e. The lowest BCUT2D eigenvalue weighted by molar-refractivity contribution is 0.0956. The average molecular weight is 375 g/mol. The van der Waals surface area contributed by atoms with Gasteiger partial charge in [0.25, 0.3) is 5.91 Å². The van der Waals surface area contributed by atoms with Crippen LogP contribution in [0.3, 0.4) is 0 Å². The standard InChI is InChI=1S/C18H19ClN4OS/c1-11-14(10-21-23-11)4-3-9-20-17(24)16-12(2)22-18(25-16)13-5-7-15(19)8-6-13/h5-8,10H,3-4,9H2,1-2H3,(H,20,24)(H,21,23). The van der Waals surface area contributed by atoms with Crippen LogP contribution in [0, 0.1) is 13.8 Å². The fourth-order valence-corrected chi connectivity index (χ4v) is 3.63. The van der Waals surface area contributed by atoms with E-state index < -0.39 is 0 Å². The molecule has 2 heterocycles. The first-order chi connectivity index (χ1) is 12.0. The summed E-state index contributed by atoms with van der Waals surface area (Å²) in [6.07, 6.45) is 3.59. The van der Waals surface area contributed by atoms with Crippen molar-refractivity contribution in [3.63, 3.8) is 0 Å². The number of aryl methyl sites for hydroxylation is 3.